The van der Waals surface area contributed by atoms with Gasteiger partial charge in [0, 0.05) is 18.7 Å². The van der Waals surface area contributed by atoms with Crippen LogP contribution in [0.2, 0.25) is 0 Å². The van der Waals surface area contributed by atoms with Gasteiger partial charge in [0.2, 0.25) is 5.95 Å². The van der Waals surface area contributed by atoms with E-state index >= 15 is 0 Å². The van der Waals surface area contributed by atoms with E-state index in [1.807, 2.05) is 24.3 Å². The monoisotopic (exact) mass is 361 g/mol. The Balaban J connectivity index is 1.87. The van der Waals surface area contributed by atoms with Crippen LogP contribution in [-0.4, -0.2) is 40.0 Å². The molecule has 138 valence electrons. The van der Waals surface area contributed by atoms with Gasteiger partial charge in [0.1, 0.15) is 0 Å². The highest BCUT2D eigenvalue weighted by Gasteiger charge is 2.15. The minimum absolute atomic E-state index is 0.237. The van der Waals surface area contributed by atoms with E-state index in [0.717, 1.165) is 37.2 Å². The van der Waals surface area contributed by atoms with Gasteiger partial charge < -0.3 is 9.47 Å². The second-order valence-corrected chi connectivity index (χ2v) is 6.25. The summed E-state index contributed by atoms with van der Waals surface area (Å²) >= 11 is 0. The third kappa shape index (κ3) is 4.15. The summed E-state index contributed by atoms with van der Waals surface area (Å²) in [6.07, 6.45) is 0. The number of nitriles is 1. The van der Waals surface area contributed by atoms with Gasteiger partial charge in [-0.1, -0.05) is 26.0 Å². The third-order valence-electron chi connectivity index (χ3n) is 4.69. The summed E-state index contributed by atoms with van der Waals surface area (Å²) in [7, 11) is 0. The Kier molecular flexibility index (Phi) is 5.84. The average Bonchev–Trinajstić information content (AvgIpc) is 3.06. The molecular formula is C21H23N5O. The molecule has 0 atom stereocenters. The van der Waals surface area contributed by atoms with Crippen LogP contribution in [0.3, 0.4) is 0 Å². The molecule has 3 aromatic rings. The van der Waals surface area contributed by atoms with Crippen LogP contribution >= 0.6 is 0 Å². The molecule has 0 unspecified atom stereocenters. The van der Waals surface area contributed by atoms with Gasteiger partial charge in [-0.3, -0.25) is 10.1 Å². The van der Waals surface area contributed by atoms with Crippen LogP contribution in [0.5, 0.6) is 0 Å². The first-order valence-electron chi connectivity index (χ1n) is 9.15. The van der Waals surface area contributed by atoms with Gasteiger partial charge in [0.15, 0.2) is 0 Å². The van der Waals surface area contributed by atoms with Crippen molar-refractivity contribution in [2.45, 2.75) is 20.4 Å². The molecule has 6 nitrogen and oxygen atoms in total. The van der Waals surface area contributed by atoms with Gasteiger partial charge in [0.05, 0.1) is 22.7 Å². The largest absolute Gasteiger partial charge is 0.309 e. The van der Waals surface area contributed by atoms with Crippen molar-refractivity contribution in [3.63, 3.8) is 0 Å². The number of nitrogens with one attached hydrogen (secondary N) is 1. The lowest BCUT2D eigenvalue weighted by Crippen LogP contribution is -2.27. The number of hydrogen-bond donors (Lipinski definition) is 1. The van der Waals surface area contributed by atoms with Crippen molar-refractivity contribution in [3.8, 4) is 6.07 Å². The molecule has 0 radical (unpaired) electrons. The number of carbonyl (C=O) groups is 1. The second-order valence-electron chi connectivity index (χ2n) is 6.25. The predicted molar refractivity (Wildman–Crippen MR) is 107 cm³/mol. The van der Waals surface area contributed by atoms with Crippen LogP contribution in [-0.2, 0) is 6.54 Å². The fourth-order valence-electron chi connectivity index (χ4n) is 3.05. The molecule has 6 heteroatoms. The smallest absolute Gasteiger partial charge is 0.257 e. The van der Waals surface area contributed by atoms with E-state index in [4.69, 9.17) is 5.26 Å². The van der Waals surface area contributed by atoms with Gasteiger partial charge in [-0.15, -0.1) is 0 Å². The van der Waals surface area contributed by atoms with E-state index in [0.29, 0.717) is 17.1 Å². The van der Waals surface area contributed by atoms with Crippen LogP contribution in [0.25, 0.3) is 11.0 Å². The van der Waals surface area contributed by atoms with Gasteiger partial charge in [0.25, 0.3) is 5.91 Å². The highest BCUT2D eigenvalue weighted by molar-refractivity contribution is 6.04. The van der Waals surface area contributed by atoms with Gasteiger partial charge >= 0.3 is 0 Å². The van der Waals surface area contributed by atoms with Gasteiger partial charge in [-0.25, -0.2) is 4.98 Å². The Hall–Kier alpha value is -3.17. The maximum Gasteiger partial charge on any atom is 0.257 e. The van der Waals surface area contributed by atoms with Crippen molar-refractivity contribution >= 4 is 22.9 Å². The predicted octanol–water partition coefficient (Wildman–Crippen LogP) is 3.50. The lowest BCUT2D eigenvalue weighted by Gasteiger charge is -2.19. The minimum atomic E-state index is -0.237. The maximum absolute atomic E-state index is 12.6. The van der Waals surface area contributed by atoms with Crippen LogP contribution in [0, 0.1) is 11.3 Å². The molecule has 1 aromatic heterocycles. The second kappa shape index (κ2) is 8.47. The minimum Gasteiger partial charge on any atom is -0.309 e. The molecule has 0 spiro atoms. The SMILES string of the molecule is CCN(CC)CCn1c(NC(=O)c2ccc(C#N)cc2)nc2ccccc21. The van der Waals surface area contributed by atoms with Crippen molar-refractivity contribution in [3.05, 3.63) is 59.7 Å². The number of aromatic nitrogens is 2. The van der Waals surface area contributed by atoms with E-state index in [-0.39, 0.29) is 5.91 Å². The number of likely N-dealkylation sites (N-methyl/N-ethyl adjacent to an activating group) is 1. The summed E-state index contributed by atoms with van der Waals surface area (Å²) in [4.78, 5) is 19.6. The Labute approximate surface area is 159 Å². The number of rotatable bonds is 7. The summed E-state index contributed by atoms with van der Waals surface area (Å²) in [6, 6.07) is 16.5. The molecule has 0 saturated carbocycles. The lowest BCUT2D eigenvalue weighted by molar-refractivity contribution is 0.102. The van der Waals surface area contributed by atoms with Crippen molar-refractivity contribution in [2.75, 3.05) is 25.0 Å². The fourth-order valence-corrected chi connectivity index (χ4v) is 3.05. The third-order valence-corrected chi connectivity index (χ3v) is 4.69. The van der Waals surface area contributed by atoms with Gasteiger partial charge in [-0.2, -0.15) is 5.26 Å². The number of nitrogens with zero attached hydrogens (tertiary/aromatic N) is 4. The summed E-state index contributed by atoms with van der Waals surface area (Å²) < 4.78 is 2.05. The fraction of sp³-hybridized carbons (Fsp3) is 0.286. The highest BCUT2D eigenvalue weighted by Crippen LogP contribution is 2.20. The molecule has 2 aromatic carbocycles. The number of anilines is 1. The van der Waals surface area contributed by atoms with E-state index < -0.39 is 0 Å². The number of hydrogen-bond acceptors (Lipinski definition) is 4. The standard InChI is InChI=1S/C21H23N5O/c1-3-25(4-2)13-14-26-19-8-6-5-7-18(19)23-21(26)24-20(27)17-11-9-16(15-22)10-12-17/h5-12H,3-4,13-14H2,1-2H3,(H,23,24,27). The zero-order chi connectivity index (χ0) is 19.2. The van der Waals surface area contributed by atoms with E-state index in [2.05, 4.69) is 39.7 Å². The summed E-state index contributed by atoms with van der Waals surface area (Å²) in [6.45, 7) is 7.87. The van der Waals surface area contributed by atoms with Crippen LogP contribution in [0.15, 0.2) is 48.5 Å². The molecule has 0 aliphatic heterocycles. The number of amides is 1. The first-order chi connectivity index (χ1) is 13.2. The number of imidazole rings is 1. The summed E-state index contributed by atoms with van der Waals surface area (Å²) in [5.41, 5.74) is 2.88. The summed E-state index contributed by atoms with van der Waals surface area (Å²) in [5.74, 6) is 0.302. The van der Waals surface area contributed by atoms with Crippen LogP contribution in [0.1, 0.15) is 29.8 Å². The molecule has 27 heavy (non-hydrogen) atoms. The van der Waals surface area contributed by atoms with Crippen LogP contribution < -0.4 is 5.32 Å². The number of para-hydroxylation sites is 2. The summed E-state index contributed by atoms with van der Waals surface area (Å²) in [5, 5.41) is 11.8. The Morgan fingerprint density at radius 3 is 2.52 bits per heavy atom. The van der Waals surface area contributed by atoms with Crippen LogP contribution in [0.4, 0.5) is 5.95 Å². The van der Waals surface area contributed by atoms with Crippen molar-refractivity contribution in [1.82, 2.24) is 14.5 Å². The van der Waals surface area contributed by atoms with E-state index in [1.54, 1.807) is 24.3 Å². The van der Waals surface area contributed by atoms with Crippen molar-refractivity contribution < 1.29 is 4.79 Å². The Bertz CT molecular complexity index is 964. The van der Waals surface area contributed by atoms with Crippen molar-refractivity contribution in [2.24, 2.45) is 0 Å². The van der Waals surface area contributed by atoms with E-state index in [9.17, 15) is 4.79 Å². The Morgan fingerprint density at radius 2 is 1.85 bits per heavy atom. The molecule has 0 aliphatic carbocycles. The zero-order valence-corrected chi connectivity index (χ0v) is 15.6. The quantitative estimate of drug-likeness (QED) is 0.699. The molecule has 0 fully saturated rings. The first kappa shape index (κ1) is 18.6. The lowest BCUT2D eigenvalue weighted by atomic mass is 10.1. The molecular weight excluding hydrogens is 338 g/mol. The average molecular weight is 361 g/mol. The molecule has 1 heterocycles. The number of benzene rings is 2. The molecule has 3 rings (SSSR count). The number of carbonyl (C=O) groups excluding carboxylic acids is 1. The van der Waals surface area contributed by atoms with Gasteiger partial charge in [-0.05, 0) is 49.5 Å². The van der Waals surface area contributed by atoms with Crippen molar-refractivity contribution in [1.29, 1.82) is 5.26 Å². The molecule has 0 bridgehead atoms. The Morgan fingerprint density at radius 1 is 1.15 bits per heavy atom. The highest BCUT2D eigenvalue weighted by atomic mass is 16.1. The molecule has 1 N–H and O–H groups in total. The number of fused-ring (bicyclic) bond motifs is 1. The molecule has 1 amide bonds. The topological polar surface area (TPSA) is 73.9 Å². The zero-order valence-electron chi connectivity index (χ0n) is 15.6. The van der Waals surface area contributed by atoms with E-state index in [1.165, 1.54) is 0 Å². The normalized spacial score (nSPS) is 10.9. The maximum atomic E-state index is 12.6. The molecule has 0 saturated heterocycles. The molecule has 0 aliphatic rings. The first-order valence-corrected chi connectivity index (χ1v) is 9.15.